The molecule has 1 saturated carbocycles. The number of amides is 1. The second-order valence-corrected chi connectivity index (χ2v) is 5.71. The number of aliphatic carboxylic acids is 1. The van der Waals surface area contributed by atoms with Crippen LogP contribution in [0.25, 0.3) is 0 Å². The zero-order chi connectivity index (χ0) is 15.4. The van der Waals surface area contributed by atoms with E-state index in [0.29, 0.717) is 12.6 Å². The highest BCUT2D eigenvalue weighted by Gasteiger charge is 2.30. The maximum absolute atomic E-state index is 12.1. The summed E-state index contributed by atoms with van der Waals surface area (Å²) in [5.74, 6) is -0.908. The van der Waals surface area contributed by atoms with Crippen LogP contribution in [-0.2, 0) is 9.59 Å². The fourth-order valence-corrected chi connectivity index (χ4v) is 2.40. The van der Waals surface area contributed by atoms with Crippen LogP contribution in [0.4, 0.5) is 5.69 Å². The number of nitrogens with zero attached hydrogens (tertiary/aromatic N) is 1. The summed E-state index contributed by atoms with van der Waals surface area (Å²) in [6.45, 7) is 4.66. The Morgan fingerprint density at radius 1 is 1.33 bits per heavy atom. The van der Waals surface area contributed by atoms with Gasteiger partial charge in [-0.05, 0) is 38.3 Å². The maximum atomic E-state index is 12.1. The molecule has 21 heavy (non-hydrogen) atoms. The largest absolute Gasteiger partial charge is 0.481 e. The Bertz CT molecular complexity index is 538. The van der Waals surface area contributed by atoms with Gasteiger partial charge >= 0.3 is 5.97 Å². The van der Waals surface area contributed by atoms with Crippen LogP contribution >= 0.6 is 0 Å². The number of hydrogen-bond acceptors (Lipinski definition) is 3. The van der Waals surface area contributed by atoms with E-state index in [1.165, 1.54) is 0 Å². The van der Waals surface area contributed by atoms with E-state index in [-0.39, 0.29) is 18.9 Å². The number of anilines is 1. The van der Waals surface area contributed by atoms with Gasteiger partial charge in [0.25, 0.3) is 0 Å². The lowest BCUT2D eigenvalue weighted by Gasteiger charge is -2.20. The number of rotatable bonds is 7. The number of carbonyl (C=O) groups excluding carboxylic acids is 1. The fourth-order valence-electron chi connectivity index (χ4n) is 2.40. The average molecular weight is 290 g/mol. The third-order valence-corrected chi connectivity index (χ3v) is 3.68. The molecule has 0 aliphatic heterocycles. The molecule has 0 heterocycles. The summed E-state index contributed by atoms with van der Waals surface area (Å²) in [5.41, 5.74) is 3.01. The van der Waals surface area contributed by atoms with E-state index in [4.69, 9.17) is 5.11 Å². The van der Waals surface area contributed by atoms with Gasteiger partial charge in [-0.3, -0.25) is 14.5 Å². The van der Waals surface area contributed by atoms with E-state index in [1.54, 1.807) is 0 Å². The topological polar surface area (TPSA) is 69.6 Å². The Hall–Kier alpha value is -1.88. The molecule has 5 nitrogen and oxygen atoms in total. The standard InChI is InChI=1S/C16H22N2O3/c1-11-3-6-14(12(2)9-11)17-15(19)10-18(13-4-5-13)8-7-16(20)21/h3,6,9,13H,4-5,7-8,10H2,1-2H3,(H,17,19)(H,20,21). The predicted molar refractivity (Wildman–Crippen MR) is 81.4 cm³/mol. The lowest BCUT2D eigenvalue weighted by Crippen LogP contribution is -2.36. The van der Waals surface area contributed by atoms with Crippen molar-refractivity contribution < 1.29 is 14.7 Å². The average Bonchev–Trinajstić information content (AvgIpc) is 3.22. The van der Waals surface area contributed by atoms with Crippen molar-refractivity contribution in [2.45, 2.75) is 39.2 Å². The van der Waals surface area contributed by atoms with Crippen molar-refractivity contribution in [1.82, 2.24) is 4.90 Å². The van der Waals surface area contributed by atoms with Gasteiger partial charge in [0.15, 0.2) is 0 Å². The number of nitrogens with one attached hydrogen (secondary N) is 1. The Labute approximate surface area is 125 Å². The van der Waals surface area contributed by atoms with Crippen molar-refractivity contribution in [2.24, 2.45) is 0 Å². The Morgan fingerprint density at radius 2 is 2.05 bits per heavy atom. The maximum Gasteiger partial charge on any atom is 0.304 e. The summed E-state index contributed by atoms with van der Waals surface area (Å²) in [6, 6.07) is 6.26. The first-order valence-corrected chi connectivity index (χ1v) is 7.28. The van der Waals surface area contributed by atoms with Gasteiger partial charge in [0.1, 0.15) is 0 Å². The molecule has 1 aromatic rings. The number of hydrogen-bond donors (Lipinski definition) is 2. The molecule has 1 fully saturated rings. The van der Waals surface area contributed by atoms with E-state index in [0.717, 1.165) is 29.7 Å². The van der Waals surface area contributed by atoms with E-state index in [2.05, 4.69) is 5.32 Å². The van der Waals surface area contributed by atoms with Crippen molar-refractivity contribution >= 4 is 17.6 Å². The molecule has 2 N–H and O–H groups in total. The Kier molecular flexibility index (Phi) is 4.96. The Morgan fingerprint density at radius 3 is 2.62 bits per heavy atom. The molecule has 0 spiro atoms. The van der Waals surface area contributed by atoms with Crippen LogP contribution in [0, 0.1) is 13.8 Å². The van der Waals surface area contributed by atoms with Gasteiger partial charge in [0.05, 0.1) is 13.0 Å². The highest BCUT2D eigenvalue weighted by molar-refractivity contribution is 5.93. The number of carboxylic acid groups (broad SMARTS) is 1. The molecule has 1 aliphatic rings. The van der Waals surface area contributed by atoms with E-state index in [1.807, 2.05) is 36.9 Å². The molecule has 1 amide bonds. The van der Waals surface area contributed by atoms with Crippen molar-refractivity contribution in [1.29, 1.82) is 0 Å². The summed E-state index contributed by atoms with van der Waals surface area (Å²) in [7, 11) is 0. The van der Waals surface area contributed by atoms with Crippen LogP contribution in [0.15, 0.2) is 18.2 Å². The molecule has 0 aromatic heterocycles. The molecule has 0 unspecified atom stereocenters. The smallest absolute Gasteiger partial charge is 0.304 e. The van der Waals surface area contributed by atoms with Gasteiger partial charge in [-0.15, -0.1) is 0 Å². The third kappa shape index (κ3) is 4.86. The molecule has 0 bridgehead atoms. The Balaban J connectivity index is 1.91. The van der Waals surface area contributed by atoms with Gasteiger partial charge in [0.2, 0.25) is 5.91 Å². The second kappa shape index (κ2) is 6.72. The first kappa shape index (κ1) is 15.5. The van der Waals surface area contributed by atoms with Crippen LogP contribution in [0.3, 0.4) is 0 Å². The molecule has 2 rings (SSSR count). The predicted octanol–water partition coefficient (Wildman–Crippen LogP) is 2.18. The lowest BCUT2D eigenvalue weighted by molar-refractivity contribution is -0.137. The minimum absolute atomic E-state index is 0.0767. The van der Waals surface area contributed by atoms with Crippen LogP contribution < -0.4 is 5.32 Å². The van der Waals surface area contributed by atoms with E-state index >= 15 is 0 Å². The van der Waals surface area contributed by atoms with E-state index < -0.39 is 5.97 Å². The molecule has 5 heteroatoms. The third-order valence-electron chi connectivity index (χ3n) is 3.68. The highest BCUT2D eigenvalue weighted by Crippen LogP contribution is 2.26. The van der Waals surface area contributed by atoms with E-state index in [9.17, 15) is 9.59 Å². The summed E-state index contributed by atoms with van der Waals surface area (Å²) < 4.78 is 0. The minimum Gasteiger partial charge on any atom is -0.481 e. The van der Waals surface area contributed by atoms with Gasteiger partial charge < -0.3 is 10.4 Å². The molecule has 0 saturated heterocycles. The molecule has 1 aromatic carbocycles. The molecule has 0 atom stereocenters. The van der Waals surface area contributed by atoms with Crippen LogP contribution in [-0.4, -0.2) is 41.0 Å². The van der Waals surface area contributed by atoms with Gasteiger partial charge in [0, 0.05) is 18.3 Å². The van der Waals surface area contributed by atoms with Crippen molar-refractivity contribution in [2.75, 3.05) is 18.4 Å². The zero-order valence-corrected chi connectivity index (χ0v) is 12.6. The van der Waals surface area contributed by atoms with Crippen molar-refractivity contribution in [3.63, 3.8) is 0 Å². The number of aryl methyl sites for hydroxylation is 2. The summed E-state index contributed by atoms with van der Waals surface area (Å²) in [5, 5.41) is 11.7. The number of benzene rings is 1. The van der Waals surface area contributed by atoms with Crippen LogP contribution in [0.2, 0.25) is 0 Å². The monoisotopic (exact) mass is 290 g/mol. The van der Waals surface area contributed by atoms with Gasteiger partial charge in [-0.1, -0.05) is 17.7 Å². The lowest BCUT2D eigenvalue weighted by atomic mass is 10.1. The number of carbonyl (C=O) groups is 2. The second-order valence-electron chi connectivity index (χ2n) is 5.71. The fraction of sp³-hybridized carbons (Fsp3) is 0.500. The molecular formula is C16H22N2O3. The van der Waals surface area contributed by atoms with Crippen molar-refractivity contribution in [3.8, 4) is 0 Å². The summed E-state index contributed by atoms with van der Waals surface area (Å²) in [4.78, 5) is 24.8. The zero-order valence-electron chi connectivity index (χ0n) is 12.6. The SMILES string of the molecule is Cc1ccc(NC(=O)CN(CCC(=O)O)C2CC2)c(C)c1. The molecule has 1 aliphatic carbocycles. The first-order chi connectivity index (χ1) is 9.95. The van der Waals surface area contributed by atoms with Crippen LogP contribution in [0.1, 0.15) is 30.4 Å². The highest BCUT2D eigenvalue weighted by atomic mass is 16.4. The quantitative estimate of drug-likeness (QED) is 0.807. The van der Waals surface area contributed by atoms with Crippen LogP contribution in [0.5, 0.6) is 0 Å². The molecule has 114 valence electrons. The minimum atomic E-state index is -0.824. The molecular weight excluding hydrogens is 268 g/mol. The normalized spacial score (nSPS) is 14.2. The summed E-state index contributed by atoms with van der Waals surface area (Å²) in [6.07, 6.45) is 2.18. The van der Waals surface area contributed by atoms with Gasteiger partial charge in [-0.25, -0.2) is 0 Å². The first-order valence-electron chi connectivity index (χ1n) is 7.28. The van der Waals surface area contributed by atoms with Crippen molar-refractivity contribution in [3.05, 3.63) is 29.3 Å². The number of carboxylic acids is 1. The molecule has 0 radical (unpaired) electrons. The summed E-state index contributed by atoms with van der Waals surface area (Å²) >= 11 is 0. The van der Waals surface area contributed by atoms with Gasteiger partial charge in [-0.2, -0.15) is 0 Å².